The number of aliphatic hydroxyl groups is 1. The Kier molecular flexibility index (Phi) is 5.88. The maximum absolute atomic E-state index is 15.3. The number of halogens is 3. The van der Waals surface area contributed by atoms with Crippen molar-refractivity contribution in [3.05, 3.63) is 59.5 Å². The minimum Gasteiger partial charge on any atom is -0.384 e. The van der Waals surface area contributed by atoms with E-state index in [9.17, 15) is 13.9 Å². The monoisotopic (exact) mass is 486 g/mol. The molecule has 35 heavy (non-hydrogen) atoms. The first-order chi connectivity index (χ1) is 16.6. The largest absolute Gasteiger partial charge is 0.384 e. The number of hydrogen-bond donors (Lipinski definition) is 2. The summed E-state index contributed by atoms with van der Waals surface area (Å²) in [5.41, 5.74) is -0.827. The number of anilines is 2. The second kappa shape index (κ2) is 8.64. The third-order valence-electron chi connectivity index (χ3n) is 7.12. The number of nitrogens with zero attached hydrogens (tertiary/aromatic N) is 3. The van der Waals surface area contributed by atoms with Crippen LogP contribution in [0.3, 0.4) is 0 Å². The van der Waals surface area contributed by atoms with Crippen LogP contribution in [0.5, 0.6) is 0 Å². The lowest BCUT2D eigenvalue weighted by Crippen LogP contribution is -2.54. The molecule has 3 atom stereocenters. The number of ether oxygens (including phenoxy) is 1. The smallest absolute Gasteiger partial charge is 0.303 e. The average Bonchev–Trinajstić information content (AvgIpc) is 2.84. The molecule has 3 fully saturated rings. The van der Waals surface area contributed by atoms with Gasteiger partial charge in [0, 0.05) is 23.2 Å². The van der Waals surface area contributed by atoms with E-state index in [-0.39, 0.29) is 11.7 Å². The third kappa shape index (κ3) is 4.21. The fourth-order valence-corrected chi connectivity index (χ4v) is 4.97. The SMILES string of the molecule is C[C@@H](Nc1cnnc2ccc(N3CC4CCC3CO4)cc12)c1cccc(C(F)(F)C(C)(C)O)c1F. The number of morpholine rings is 1. The molecule has 2 unspecified atom stereocenters. The molecule has 2 N–H and O–H groups in total. The van der Waals surface area contributed by atoms with Crippen molar-refractivity contribution in [3.8, 4) is 0 Å². The molecule has 2 bridgehead atoms. The number of benzene rings is 2. The van der Waals surface area contributed by atoms with Gasteiger partial charge in [0.05, 0.1) is 47.8 Å². The Labute approximate surface area is 202 Å². The lowest BCUT2D eigenvalue weighted by atomic mass is 9.91. The Morgan fingerprint density at radius 2 is 2.00 bits per heavy atom. The number of nitrogens with one attached hydrogen (secondary N) is 1. The van der Waals surface area contributed by atoms with Crippen LogP contribution in [-0.4, -0.2) is 46.2 Å². The highest BCUT2D eigenvalue weighted by Gasteiger charge is 2.49. The van der Waals surface area contributed by atoms with Crippen molar-refractivity contribution in [1.82, 2.24) is 10.2 Å². The van der Waals surface area contributed by atoms with E-state index in [0.717, 1.165) is 50.4 Å². The van der Waals surface area contributed by atoms with E-state index in [1.165, 1.54) is 12.1 Å². The number of fused-ring (bicyclic) bond motifs is 4. The second-order valence-electron chi connectivity index (χ2n) is 10.0. The number of alkyl halides is 2. The van der Waals surface area contributed by atoms with Gasteiger partial charge in [-0.2, -0.15) is 19.0 Å². The molecule has 0 spiro atoms. The van der Waals surface area contributed by atoms with Gasteiger partial charge in [0.2, 0.25) is 0 Å². The summed E-state index contributed by atoms with van der Waals surface area (Å²) >= 11 is 0. The van der Waals surface area contributed by atoms with Gasteiger partial charge in [0.15, 0.2) is 0 Å². The van der Waals surface area contributed by atoms with Crippen LogP contribution < -0.4 is 10.2 Å². The number of piperidine rings is 1. The molecule has 3 aliphatic heterocycles. The number of aromatic nitrogens is 2. The summed E-state index contributed by atoms with van der Waals surface area (Å²) in [5, 5.41) is 22.2. The van der Waals surface area contributed by atoms with Gasteiger partial charge in [-0.3, -0.25) is 0 Å². The maximum Gasteiger partial charge on any atom is 0.303 e. The minimum absolute atomic E-state index is 0.0676. The molecule has 1 aromatic heterocycles. The van der Waals surface area contributed by atoms with Gasteiger partial charge in [-0.05, 0) is 57.9 Å². The van der Waals surface area contributed by atoms with Crippen LogP contribution in [0.2, 0.25) is 0 Å². The Morgan fingerprint density at radius 3 is 2.66 bits per heavy atom. The molecular formula is C26H29F3N4O2. The van der Waals surface area contributed by atoms with Crippen molar-refractivity contribution in [1.29, 1.82) is 0 Å². The van der Waals surface area contributed by atoms with Crippen LogP contribution in [0.25, 0.3) is 10.9 Å². The van der Waals surface area contributed by atoms with E-state index in [2.05, 4.69) is 20.4 Å². The van der Waals surface area contributed by atoms with Crippen molar-refractivity contribution in [2.75, 3.05) is 23.4 Å². The quantitative estimate of drug-likeness (QED) is 0.501. The molecule has 4 heterocycles. The molecule has 3 aromatic rings. The van der Waals surface area contributed by atoms with Crippen LogP contribution in [0, 0.1) is 5.82 Å². The molecular weight excluding hydrogens is 457 g/mol. The molecule has 0 amide bonds. The fourth-order valence-electron chi connectivity index (χ4n) is 4.97. The number of rotatable bonds is 6. The van der Waals surface area contributed by atoms with Crippen molar-refractivity contribution in [2.45, 2.75) is 63.3 Å². The van der Waals surface area contributed by atoms with Gasteiger partial charge >= 0.3 is 5.92 Å². The van der Waals surface area contributed by atoms with E-state index in [4.69, 9.17) is 4.74 Å². The highest BCUT2D eigenvalue weighted by atomic mass is 19.3. The van der Waals surface area contributed by atoms with E-state index in [1.807, 2.05) is 18.2 Å². The molecule has 3 aliphatic rings. The van der Waals surface area contributed by atoms with Crippen molar-refractivity contribution < 1.29 is 23.0 Å². The van der Waals surface area contributed by atoms with Gasteiger partial charge in [-0.1, -0.05) is 12.1 Å². The number of hydrogen-bond acceptors (Lipinski definition) is 6. The van der Waals surface area contributed by atoms with Crippen LogP contribution in [0.1, 0.15) is 50.8 Å². The molecule has 6 rings (SSSR count). The van der Waals surface area contributed by atoms with E-state index in [1.54, 1.807) is 13.1 Å². The lowest BCUT2D eigenvalue weighted by Gasteiger charge is -2.46. The van der Waals surface area contributed by atoms with Gasteiger partial charge in [-0.15, -0.1) is 0 Å². The van der Waals surface area contributed by atoms with Crippen LogP contribution in [0.4, 0.5) is 24.5 Å². The Balaban J connectivity index is 1.47. The molecule has 2 aromatic carbocycles. The van der Waals surface area contributed by atoms with Gasteiger partial charge in [0.25, 0.3) is 0 Å². The maximum atomic E-state index is 15.3. The standard InChI is InChI=1S/C26H29F3N4O2/c1-15(19-5-4-6-21(24(19)27)26(28,29)25(2,3)34)31-23-12-30-32-22-10-8-16(11-20(22)23)33-13-18-9-7-17(33)14-35-18/h4-6,8,10-12,15,17-18,34H,7,9,13-14H2,1-3H3,(H,31,32)/t15-,17?,18?/m1/s1. The molecule has 186 valence electrons. The summed E-state index contributed by atoms with van der Waals surface area (Å²) in [6.45, 7) is 5.17. The van der Waals surface area contributed by atoms with E-state index < -0.39 is 28.9 Å². The van der Waals surface area contributed by atoms with E-state index in [0.29, 0.717) is 23.9 Å². The molecule has 3 saturated heterocycles. The molecule has 0 aliphatic carbocycles. The molecule has 0 radical (unpaired) electrons. The zero-order valence-corrected chi connectivity index (χ0v) is 19.9. The molecule has 6 nitrogen and oxygen atoms in total. The van der Waals surface area contributed by atoms with Crippen LogP contribution >= 0.6 is 0 Å². The predicted molar refractivity (Wildman–Crippen MR) is 128 cm³/mol. The molecule has 0 saturated carbocycles. The third-order valence-corrected chi connectivity index (χ3v) is 7.12. The first-order valence-electron chi connectivity index (χ1n) is 11.9. The summed E-state index contributed by atoms with van der Waals surface area (Å²) in [6.07, 6.45) is 3.95. The first-order valence-corrected chi connectivity index (χ1v) is 11.9. The summed E-state index contributed by atoms with van der Waals surface area (Å²) < 4.78 is 50.6. The minimum atomic E-state index is -3.76. The van der Waals surface area contributed by atoms with Crippen molar-refractivity contribution >= 4 is 22.3 Å². The fraction of sp³-hybridized carbons (Fsp3) is 0.462. The highest BCUT2D eigenvalue weighted by molar-refractivity contribution is 5.93. The summed E-state index contributed by atoms with van der Waals surface area (Å²) in [5.74, 6) is -4.81. The van der Waals surface area contributed by atoms with Crippen LogP contribution in [-0.2, 0) is 10.7 Å². The Morgan fingerprint density at radius 1 is 1.20 bits per heavy atom. The lowest BCUT2D eigenvalue weighted by molar-refractivity contribution is -0.170. The van der Waals surface area contributed by atoms with Gasteiger partial charge in [-0.25, -0.2) is 4.39 Å². The summed E-state index contributed by atoms with van der Waals surface area (Å²) in [7, 11) is 0. The zero-order valence-electron chi connectivity index (χ0n) is 19.9. The Hall–Kier alpha value is -2.91. The van der Waals surface area contributed by atoms with Crippen molar-refractivity contribution in [2.24, 2.45) is 0 Å². The van der Waals surface area contributed by atoms with Crippen molar-refractivity contribution in [3.63, 3.8) is 0 Å². The second-order valence-corrected chi connectivity index (χ2v) is 10.0. The van der Waals surface area contributed by atoms with Crippen LogP contribution in [0.15, 0.2) is 42.6 Å². The zero-order chi connectivity index (χ0) is 25.0. The summed E-state index contributed by atoms with van der Waals surface area (Å²) in [4.78, 5) is 2.35. The topological polar surface area (TPSA) is 70.5 Å². The normalized spacial score (nSPS) is 21.4. The molecule has 9 heteroatoms. The Bertz CT molecular complexity index is 1240. The summed E-state index contributed by atoms with van der Waals surface area (Å²) in [6, 6.07) is 9.49. The first kappa shape index (κ1) is 23.8. The van der Waals surface area contributed by atoms with Gasteiger partial charge < -0.3 is 20.1 Å². The van der Waals surface area contributed by atoms with Gasteiger partial charge in [0.1, 0.15) is 11.4 Å². The average molecular weight is 487 g/mol. The van der Waals surface area contributed by atoms with E-state index >= 15 is 4.39 Å². The predicted octanol–water partition coefficient (Wildman–Crippen LogP) is 5.17. The highest BCUT2D eigenvalue weighted by Crippen LogP contribution is 2.41.